The Morgan fingerprint density at radius 1 is 0.786 bits per heavy atom. The fourth-order valence-corrected chi connectivity index (χ4v) is 3.06. The molecule has 0 spiro atoms. The van der Waals surface area contributed by atoms with Crippen molar-refractivity contribution < 1.29 is 28.0 Å². The van der Waals surface area contributed by atoms with Gasteiger partial charge in [-0.3, -0.25) is 0 Å². The molecule has 0 aliphatic heterocycles. The van der Waals surface area contributed by atoms with Gasteiger partial charge in [0.05, 0.1) is 52.4 Å². The number of rotatable bonds is 10. The van der Waals surface area contributed by atoms with E-state index in [4.69, 9.17) is 9.47 Å². The Morgan fingerprint density at radius 2 is 1.11 bits per heavy atom. The monoisotopic (exact) mass is 394 g/mol. The predicted molar refractivity (Wildman–Crippen MR) is 111 cm³/mol. The first-order chi connectivity index (χ1) is 12.9. The Labute approximate surface area is 170 Å². The lowest BCUT2D eigenvalue weighted by molar-refractivity contribution is -0.891. The van der Waals surface area contributed by atoms with Crippen molar-refractivity contribution in [3.05, 3.63) is 35.4 Å². The summed E-state index contributed by atoms with van der Waals surface area (Å²) in [5.74, 6) is -0.984. The van der Waals surface area contributed by atoms with E-state index in [0.29, 0.717) is 13.1 Å². The third-order valence-corrected chi connectivity index (χ3v) is 5.20. The van der Waals surface area contributed by atoms with Crippen LogP contribution in [0.1, 0.15) is 48.4 Å². The maximum Gasteiger partial charge on any atom is 0.339 e. The largest absolute Gasteiger partial charge is 0.453 e. The quantitative estimate of drug-likeness (QED) is 0.452. The van der Waals surface area contributed by atoms with Crippen LogP contribution in [0.5, 0.6) is 0 Å². The average Bonchev–Trinajstić information content (AvgIpc) is 2.60. The molecule has 0 saturated heterocycles. The topological polar surface area (TPSA) is 52.6 Å². The zero-order chi connectivity index (χ0) is 21.5. The second-order valence-electron chi connectivity index (χ2n) is 8.85. The number of esters is 2. The van der Waals surface area contributed by atoms with E-state index in [1.165, 1.54) is 0 Å². The molecule has 0 aromatic heterocycles. The van der Waals surface area contributed by atoms with Crippen molar-refractivity contribution in [2.24, 2.45) is 0 Å². The molecule has 6 heteroatoms. The van der Waals surface area contributed by atoms with Crippen molar-refractivity contribution in [1.29, 1.82) is 0 Å². The first kappa shape index (κ1) is 24.1. The number of carbonyl (C=O) groups is 2. The van der Waals surface area contributed by atoms with Crippen LogP contribution in [-0.2, 0) is 9.47 Å². The van der Waals surface area contributed by atoms with Crippen LogP contribution in [0.25, 0.3) is 0 Å². The van der Waals surface area contributed by atoms with Gasteiger partial charge in [-0.2, -0.15) is 0 Å². The second-order valence-corrected chi connectivity index (χ2v) is 8.85. The summed E-state index contributed by atoms with van der Waals surface area (Å²) in [4.78, 5) is 25.4. The summed E-state index contributed by atoms with van der Waals surface area (Å²) in [7, 11) is 8.36. The maximum atomic E-state index is 12.7. The highest BCUT2D eigenvalue weighted by molar-refractivity contribution is 6.03. The van der Waals surface area contributed by atoms with Crippen LogP contribution in [0.4, 0.5) is 0 Å². The van der Waals surface area contributed by atoms with Crippen LogP contribution >= 0.6 is 0 Å². The molecule has 0 N–H and O–H groups in total. The number of likely N-dealkylation sites (N-methyl/N-ethyl adjacent to an activating group) is 2. The fraction of sp³-hybridized carbons (Fsp3) is 0.636. The van der Waals surface area contributed by atoms with E-state index in [2.05, 4.69) is 42.0 Å². The third-order valence-electron chi connectivity index (χ3n) is 5.20. The molecule has 0 saturated carbocycles. The zero-order valence-corrected chi connectivity index (χ0v) is 18.8. The molecule has 0 radical (unpaired) electrons. The molecule has 0 aliphatic rings. The van der Waals surface area contributed by atoms with Gasteiger partial charge >= 0.3 is 11.9 Å². The molecule has 0 bridgehead atoms. The third kappa shape index (κ3) is 7.60. The Bertz CT molecular complexity index is 613. The average molecular weight is 395 g/mol. The van der Waals surface area contributed by atoms with Crippen LogP contribution < -0.4 is 0 Å². The molecule has 0 aliphatic carbocycles. The second kappa shape index (κ2) is 10.0. The summed E-state index contributed by atoms with van der Waals surface area (Å²) in [6, 6.07) is 6.68. The zero-order valence-electron chi connectivity index (χ0n) is 18.8. The lowest BCUT2D eigenvalue weighted by Crippen LogP contribution is -2.45. The lowest BCUT2D eigenvalue weighted by atomic mass is 10.1. The SMILES string of the molecule is CC[N+](C)(C)CC(C)OC(=O)c1ccccc1C(=O)OC(C)C[N+](C)(C)CC. The van der Waals surface area contributed by atoms with Gasteiger partial charge < -0.3 is 18.4 Å². The molecular formula is C22H38N2O4+2. The highest BCUT2D eigenvalue weighted by Crippen LogP contribution is 2.15. The van der Waals surface area contributed by atoms with Gasteiger partial charge in [0.15, 0.2) is 0 Å². The van der Waals surface area contributed by atoms with Crippen molar-refractivity contribution >= 4 is 11.9 Å². The number of quaternary nitrogens is 2. The summed E-state index contributed by atoms with van der Waals surface area (Å²) in [6.45, 7) is 11.2. The number of nitrogens with zero attached hydrogens (tertiary/aromatic N) is 2. The van der Waals surface area contributed by atoms with Crippen molar-refractivity contribution in [2.75, 3.05) is 54.4 Å². The van der Waals surface area contributed by atoms with Crippen molar-refractivity contribution in [3.63, 3.8) is 0 Å². The molecule has 1 aromatic rings. The fourth-order valence-electron chi connectivity index (χ4n) is 3.06. The van der Waals surface area contributed by atoms with Gasteiger partial charge in [-0.05, 0) is 39.8 Å². The number of ether oxygens (including phenoxy) is 2. The smallest absolute Gasteiger partial charge is 0.339 e. The summed E-state index contributed by atoms with van der Waals surface area (Å²) in [6.07, 6.45) is -0.513. The highest BCUT2D eigenvalue weighted by Gasteiger charge is 2.26. The molecule has 0 amide bonds. The van der Waals surface area contributed by atoms with Gasteiger partial charge in [-0.1, -0.05) is 12.1 Å². The number of benzene rings is 1. The molecule has 158 valence electrons. The standard InChI is InChI=1S/C22H38N2O4/c1-9-23(5,6)15-17(3)27-21(25)19-13-11-12-14-20(19)22(26)28-18(4)16-24(7,8)10-2/h11-14,17-18H,9-10,15-16H2,1-8H3/q+2. The molecular weight excluding hydrogens is 356 g/mol. The van der Waals surface area contributed by atoms with Gasteiger partial charge in [0.1, 0.15) is 25.3 Å². The summed E-state index contributed by atoms with van der Waals surface area (Å²) in [5.41, 5.74) is 0.496. The van der Waals surface area contributed by atoms with Crippen LogP contribution in [0.3, 0.4) is 0 Å². The van der Waals surface area contributed by atoms with Crippen LogP contribution in [-0.4, -0.2) is 87.5 Å². The van der Waals surface area contributed by atoms with E-state index in [0.717, 1.165) is 22.1 Å². The molecule has 2 unspecified atom stereocenters. The van der Waals surface area contributed by atoms with E-state index in [1.807, 2.05) is 13.8 Å². The number of hydrogen-bond acceptors (Lipinski definition) is 4. The number of carbonyl (C=O) groups excluding carboxylic acids is 2. The summed E-state index contributed by atoms with van der Waals surface area (Å²) < 4.78 is 12.7. The molecule has 1 rings (SSSR count). The lowest BCUT2D eigenvalue weighted by Gasteiger charge is -2.31. The first-order valence-electron chi connectivity index (χ1n) is 10.1. The summed E-state index contributed by atoms with van der Waals surface area (Å²) >= 11 is 0. The van der Waals surface area contributed by atoms with Crippen molar-refractivity contribution in [2.45, 2.75) is 39.9 Å². The van der Waals surface area contributed by atoms with E-state index in [-0.39, 0.29) is 23.3 Å². The predicted octanol–water partition coefficient (Wildman–Crippen LogP) is 2.97. The number of hydrogen-bond donors (Lipinski definition) is 0. The van der Waals surface area contributed by atoms with Crippen LogP contribution in [0, 0.1) is 0 Å². The van der Waals surface area contributed by atoms with Crippen LogP contribution in [0.2, 0.25) is 0 Å². The first-order valence-corrected chi connectivity index (χ1v) is 10.1. The summed E-state index contributed by atoms with van der Waals surface area (Å²) in [5, 5.41) is 0. The van der Waals surface area contributed by atoms with Crippen molar-refractivity contribution in [1.82, 2.24) is 0 Å². The van der Waals surface area contributed by atoms with Crippen LogP contribution in [0.15, 0.2) is 24.3 Å². The Morgan fingerprint density at radius 3 is 1.39 bits per heavy atom. The maximum absolute atomic E-state index is 12.7. The minimum Gasteiger partial charge on any atom is -0.453 e. The minimum absolute atomic E-state index is 0.248. The molecule has 0 fully saturated rings. The van der Waals surface area contributed by atoms with Gasteiger partial charge in [0.2, 0.25) is 0 Å². The van der Waals surface area contributed by atoms with Crippen molar-refractivity contribution in [3.8, 4) is 0 Å². The Hall–Kier alpha value is -1.92. The van der Waals surface area contributed by atoms with Gasteiger partial charge in [-0.25, -0.2) is 9.59 Å². The van der Waals surface area contributed by atoms with Gasteiger partial charge in [-0.15, -0.1) is 0 Å². The molecule has 0 heterocycles. The molecule has 2 atom stereocenters. The van der Waals surface area contributed by atoms with E-state index in [1.54, 1.807) is 24.3 Å². The molecule has 28 heavy (non-hydrogen) atoms. The Kier molecular flexibility index (Phi) is 8.64. The highest BCUT2D eigenvalue weighted by atomic mass is 16.6. The minimum atomic E-state index is -0.492. The molecule has 6 nitrogen and oxygen atoms in total. The normalized spacial score (nSPS) is 14.3. The van der Waals surface area contributed by atoms with E-state index in [9.17, 15) is 9.59 Å². The Balaban J connectivity index is 2.86. The molecule has 1 aromatic carbocycles. The van der Waals surface area contributed by atoms with E-state index >= 15 is 0 Å². The van der Waals surface area contributed by atoms with E-state index < -0.39 is 11.9 Å². The van der Waals surface area contributed by atoms with Gasteiger partial charge in [0.25, 0.3) is 0 Å². The van der Waals surface area contributed by atoms with Gasteiger partial charge in [0, 0.05) is 0 Å².